The molecule has 608 valence electrons. The second kappa shape index (κ2) is 52.0. The fourth-order valence-corrected chi connectivity index (χ4v) is 10.6. The fourth-order valence-electron chi connectivity index (χ4n) is 10.6. The summed E-state index contributed by atoms with van der Waals surface area (Å²) in [4.78, 5) is 108. The van der Waals surface area contributed by atoms with Crippen LogP contribution >= 0.6 is 0 Å². The number of nitrogens with zero attached hydrogens (tertiary/aromatic N) is 2. The van der Waals surface area contributed by atoms with Gasteiger partial charge in [-0.05, 0) is 101 Å². The molecule has 0 aromatic heterocycles. The van der Waals surface area contributed by atoms with Crippen molar-refractivity contribution in [1.29, 1.82) is 0 Å². The maximum atomic E-state index is 14.1. The summed E-state index contributed by atoms with van der Waals surface area (Å²) in [6.45, 7) is -3.88. The van der Waals surface area contributed by atoms with E-state index in [1.54, 1.807) is 38.1 Å². The van der Waals surface area contributed by atoms with Crippen molar-refractivity contribution in [2.24, 2.45) is 17.4 Å². The van der Waals surface area contributed by atoms with Crippen molar-refractivity contribution in [3.8, 4) is 0 Å². The number of aliphatic hydroxyl groups excluding tert-OH is 21. The molecule has 8 amide bonds. The molecule has 0 fully saturated rings. The van der Waals surface area contributed by atoms with Gasteiger partial charge in [-0.1, -0.05) is 32.4 Å². The molecule has 0 saturated heterocycles. The lowest BCUT2D eigenvalue weighted by Gasteiger charge is -2.33. The van der Waals surface area contributed by atoms with Gasteiger partial charge < -0.3 is 161 Å². The molecule has 0 aliphatic rings. The summed E-state index contributed by atoms with van der Waals surface area (Å²) in [5, 5.41) is 240. The maximum Gasteiger partial charge on any atom is 0.326 e. The fraction of sp³-hybridized carbons (Fsp3) is 0.781. The number of carbonyl (C=O) groups is 8. The third-order valence-corrected chi connectivity index (χ3v) is 17.2. The number of nitrogens with one attached hydrogen (secondary N) is 7. The van der Waals surface area contributed by atoms with Gasteiger partial charge in [0.05, 0.1) is 63.5 Å². The Morgan fingerprint density at radius 1 is 0.410 bits per heavy atom. The SMILES string of the molecule is CC(C)[C@H](NC(=O)CCC(=O)NCCCC[C@H](NC(=O)[C@@H](N)CCCCN(C[C@H](O)[C@@H](O)[C@H](O)[C@H](O)CO)C[C@H](O)[C@@H](O)[C@H](O)[C@H](O)CO)C(=O)N[C@@H](CCCCN(C[C@H](O)[C@@H](O)[C@H](O)[C@H](O)CO)C[C@H](O)[C@@H](O)[C@H](O)[C@H](O)CO)C(=O)O)C(=O)N[C@@H](CCCNC(N)=O)C(=O)Nc1ccc(CO)cc1. The number of carboxylic acids is 1. The number of aliphatic carboxylic acids is 1. The first kappa shape index (κ1) is 96.8. The molecule has 105 heavy (non-hydrogen) atoms. The average molecular weight is 1520 g/mol. The van der Waals surface area contributed by atoms with Crippen LogP contribution in [-0.2, 0) is 40.2 Å². The zero-order chi connectivity index (χ0) is 79.8. The predicted molar refractivity (Wildman–Crippen MR) is 367 cm³/mol. The first-order chi connectivity index (χ1) is 49.4. The van der Waals surface area contributed by atoms with E-state index in [9.17, 15) is 151 Å². The summed E-state index contributed by atoms with van der Waals surface area (Å²) >= 11 is 0. The standard InChI is InChI=1S/C64H117N11O30/c1-33(2)50(62(102)71-38(13-9-21-68-64(66)105)60(100)69-35-16-14-34(28-76)15-17-35)73-49(90)19-18-48(89)67-20-6-3-11-37(70-59(99)36(65)10-4-7-22-74(24-40(81)51(91)55(95)44(85)29-77)25-41(82)52(92)56(96)45(86)30-78)61(101)72-39(63(103)104)12-5-8-23-75(26-42(83)53(93)57(97)46(87)31-79)27-43(84)54(94)58(98)47(88)32-80/h14-17,33,36-47,50-58,76-88,91-98H,3-13,18-32,65H2,1-2H3,(H,67,89)(H,69,100)(H,70,99)(H,71,102)(H,72,101)(H,73,90)(H,103,104)(H3,66,68,105)/t36-,37-,38-,39-,40-,41-,42-,43-,44+,45+,46+,47+,50-,51+,52+,53+,54+,55+,56+,57+,58+/m0/s1. The molecule has 1 rings (SSSR count). The molecule has 0 aliphatic heterocycles. The Bertz CT molecular complexity index is 2610. The molecule has 0 heterocycles. The number of hydrogen-bond donors (Lipinski definition) is 31. The molecule has 41 nitrogen and oxygen atoms in total. The van der Waals surface area contributed by atoms with Crippen LogP contribution in [0.5, 0.6) is 0 Å². The zero-order valence-electron chi connectivity index (χ0n) is 59.0. The molecular formula is C64H117N11O30. The van der Waals surface area contributed by atoms with Gasteiger partial charge in [-0.2, -0.15) is 0 Å². The Balaban J connectivity index is 3.37. The number of primary amides is 1. The van der Waals surface area contributed by atoms with Crippen LogP contribution < -0.4 is 48.7 Å². The van der Waals surface area contributed by atoms with Gasteiger partial charge in [-0.15, -0.1) is 0 Å². The number of carboxylic acid groups (broad SMARTS) is 1. The van der Waals surface area contributed by atoms with E-state index in [4.69, 9.17) is 11.5 Å². The molecule has 33 N–H and O–H groups in total. The van der Waals surface area contributed by atoms with Gasteiger partial charge >= 0.3 is 12.0 Å². The van der Waals surface area contributed by atoms with E-state index in [-0.39, 0.29) is 110 Å². The predicted octanol–water partition coefficient (Wildman–Crippen LogP) is -12.7. The third kappa shape index (κ3) is 37.0. The van der Waals surface area contributed by atoms with E-state index in [0.717, 1.165) is 0 Å². The molecule has 21 atom stereocenters. The van der Waals surface area contributed by atoms with E-state index in [1.165, 1.54) is 9.80 Å². The van der Waals surface area contributed by atoms with Crippen molar-refractivity contribution < 1.29 is 151 Å². The molecular weight excluding hydrogens is 1400 g/mol. The summed E-state index contributed by atoms with van der Waals surface area (Å²) in [6, 6.07) is -1.56. The van der Waals surface area contributed by atoms with E-state index < -0.39 is 240 Å². The Morgan fingerprint density at radius 2 is 0.771 bits per heavy atom. The van der Waals surface area contributed by atoms with Gasteiger partial charge in [0.2, 0.25) is 35.4 Å². The van der Waals surface area contributed by atoms with Crippen LogP contribution in [0.4, 0.5) is 10.5 Å². The highest BCUT2D eigenvalue weighted by molar-refractivity contribution is 5.98. The monoisotopic (exact) mass is 1520 g/mol. The van der Waals surface area contributed by atoms with E-state index in [2.05, 4.69) is 37.2 Å². The lowest BCUT2D eigenvalue weighted by Crippen LogP contribution is -2.54. The Hall–Kier alpha value is -6.18. The van der Waals surface area contributed by atoms with Gasteiger partial charge in [0.15, 0.2) is 0 Å². The number of nitrogens with two attached hydrogens (primary N) is 2. The molecule has 41 heteroatoms. The molecule has 0 spiro atoms. The number of anilines is 1. The van der Waals surface area contributed by atoms with Gasteiger partial charge in [0, 0.05) is 57.8 Å². The summed E-state index contributed by atoms with van der Waals surface area (Å²) in [7, 11) is 0. The topological polar surface area (TPSA) is 724 Å². The van der Waals surface area contributed by atoms with E-state index in [1.807, 2.05) is 0 Å². The second-order valence-electron chi connectivity index (χ2n) is 26.2. The van der Waals surface area contributed by atoms with Crippen molar-refractivity contribution in [2.45, 2.75) is 232 Å². The molecule has 0 radical (unpaired) electrons. The molecule has 1 aromatic rings. The molecule has 1 aromatic carbocycles. The minimum atomic E-state index is -2.10. The Morgan fingerprint density at radius 3 is 1.18 bits per heavy atom. The molecule has 0 aliphatic carbocycles. The number of carbonyl (C=O) groups excluding carboxylic acids is 7. The van der Waals surface area contributed by atoms with Crippen molar-refractivity contribution in [3.05, 3.63) is 29.8 Å². The van der Waals surface area contributed by atoms with E-state index >= 15 is 0 Å². The molecule has 0 unspecified atom stereocenters. The van der Waals surface area contributed by atoms with Gasteiger partial charge in [-0.3, -0.25) is 38.6 Å². The van der Waals surface area contributed by atoms with Crippen molar-refractivity contribution in [2.75, 3.05) is 84.1 Å². The number of hydrogen-bond acceptors (Lipinski definition) is 32. The first-order valence-electron chi connectivity index (χ1n) is 34.7. The second-order valence-corrected chi connectivity index (χ2v) is 26.2. The summed E-state index contributed by atoms with van der Waals surface area (Å²) in [5.74, 6) is -6.80. The minimum absolute atomic E-state index is 0.0263. The van der Waals surface area contributed by atoms with Gasteiger partial charge in [-0.25, -0.2) is 9.59 Å². The average Bonchev–Trinajstić information content (AvgIpc) is 0.878. The van der Waals surface area contributed by atoms with Crippen LogP contribution in [0.3, 0.4) is 0 Å². The third-order valence-electron chi connectivity index (χ3n) is 17.2. The smallest absolute Gasteiger partial charge is 0.326 e. The largest absolute Gasteiger partial charge is 0.480 e. The van der Waals surface area contributed by atoms with Crippen LogP contribution in [0, 0.1) is 5.92 Å². The van der Waals surface area contributed by atoms with Crippen LogP contribution in [0.2, 0.25) is 0 Å². The highest BCUT2D eigenvalue weighted by Gasteiger charge is 2.38. The van der Waals surface area contributed by atoms with Gasteiger partial charge in [0.25, 0.3) is 0 Å². The summed E-state index contributed by atoms with van der Waals surface area (Å²) in [6.07, 6.45) is -33.0. The quantitative estimate of drug-likeness (QED) is 0.0269. The molecule has 0 saturated carbocycles. The summed E-state index contributed by atoms with van der Waals surface area (Å²) in [5.41, 5.74) is 12.4. The maximum absolute atomic E-state index is 14.1. The van der Waals surface area contributed by atoms with E-state index in [0.29, 0.717) is 11.3 Å². The number of urea groups is 1. The van der Waals surface area contributed by atoms with Crippen molar-refractivity contribution >= 4 is 53.1 Å². The highest BCUT2D eigenvalue weighted by Crippen LogP contribution is 2.18. The number of amides is 8. The van der Waals surface area contributed by atoms with Crippen LogP contribution in [0.25, 0.3) is 0 Å². The van der Waals surface area contributed by atoms with Crippen LogP contribution in [-0.4, -0.2) is 376 Å². The van der Waals surface area contributed by atoms with Crippen LogP contribution in [0.15, 0.2) is 24.3 Å². The Kier molecular flexibility index (Phi) is 47.9. The summed E-state index contributed by atoms with van der Waals surface area (Å²) < 4.78 is 0. The number of rotatable bonds is 58. The number of benzene rings is 1. The van der Waals surface area contributed by atoms with Crippen molar-refractivity contribution in [3.63, 3.8) is 0 Å². The number of unbranched alkanes of at least 4 members (excludes halogenated alkanes) is 3. The highest BCUT2D eigenvalue weighted by atomic mass is 16.4. The lowest BCUT2D eigenvalue weighted by atomic mass is 10.0. The first-order valence-corrected chi connectivity index (χ1v) is 34.7. The number of aliphatic hydroxyl groups is 21. The zero-order valence-corrected chi connectivity index (χ0v) is 59.0. The van der Waals surface area contributed by atoms with Crippen molar-refractivity contribution in [1.82, 2.24) is 41.7 Å². The molecule has 0 bridgehead atoms. The van der Waals surface area contributed by atoms with Gasteiger partial charge in [0.1, 0.15) is 97.4 Å². The van der Waals surface area contributed by atoms with Crippen LogP contribution in [0.1, 0.15) is 103 Å². The Labute approximate surface area is 606 Å². The minimum Gasteiger partial charge on any atom is -0.480 e. The lowest BCUT2D eigenvalue weighted by molar-refractivity contribution is -0.142. The normalized spacial score (nSPS) is 18.0.